The lowest BCUT2D eigenvalue weighted by Gasteiger charge is -2.20. The lowest BCUT2D eigenvalue weighted by atomic mass is 9.89. The first-order valence-corrected chi connectivity index (χ1v) is 5.72. The maximum absolute atomic E-state index is 11.2. The van der Waals surface area contributed by atoms with Gasteiger partial charge in [-0.3, -0.25) is 0 Å². The number of esters is 1. The average Bonchev–Trinajstić information content (AvgIpc) is 2.64. The Morgan fingerprint density at radius 3 is 2.80 bits per heavy atom. The Labute approximate surface area is 94.2 Å². The third-order valence-electron chi connectivity index (χ3n) is 2.28. The monoisotopic (exact) mass is 227 g/mol. The first kappa shape index (κ1) is 12.2. The third kappa shape index (κ3) is 3.32. The second-order valence-corrected chi connectivity index (χ2v) is 5.33. The fraction of sp³-hybridized carbons (Fsp3) is 0.545. The molecule has 1 aromatic heterocycles. The van der Waals surface area contributed by atoms with Crippen molar-refractivity contribution in [2.24, 2.45) is 11.1 Å². The van der Waals surface area contributed by atoms with Crippen LogP contribution in [0.2, 0.25) is 0 Å². The quantitative estimate of drug-likeness (QED) is 0.801. The van der Waals surface area contributed by atoms with E-state index in [1.54, 1.807) is 11.3 Å². The Hall–Kier alpha value is -0.870. The minimum atomic E-state index is -0.275. The second kappa shape index (κ2) is 4.77. The smallest absolute Gasteiger partial charge is 0.338 e. The Balaban J connectivity index is 2.73. The molecule has 1 heterocycles. The van der Waals surface area contributed by atoms with Gasteiger partial charge in [0.05, 0.1) is 12.7 Å². The molecule has 0 fully saturated rings. The van der Waals surface area contributed by atoms with E-state index >= 15 is 0 Å². The van der Waals surface area contributed by atoms with Crippen LogP contribution in [0.5, 0.6) is 0 Å². The SMILES string of the molecule is COC(=O)c1csc(CC(C)(C)CN)c1. The fourth-order valence-electron chi connectivity index (χ4n) is 1.24. The maximum Gasteiger partial charge on any atom is 0.338 e. The number of rotatable bonds is 4. The van der Waals surface area contributed by atoms with Crippen molar-refractivity contribution in [3.05, 3.63) is 21.9 Å². The Morgan fingerprint density at radius 2 is 2.27 bits per heavy atom. The maximum atomic E-state index is 11.2. The number of methoxy groups -OCH3 is 1. The van der Waals surface area contributed by atoms with Crippen LogP contribution >= 0.6 is 11.3 Å². The molecule has 0 saturated heterocycles. The lowest BCUT2D eigenvalue weighted by Crippen LogP contribution is -2.25. The van der Waals surface area contributed by atoms with Crippen LogP contribution in [0.4, 0.5) is 0 Å². The van der Waals surface area contributed by atoms with Crippen molar-refractivity contribution in [2.75, 3.05) is 13.7 Å². The van der Waals surface area contributed by atoms with Crippen LogP contribution in [0, 0.1) is 5.41 Å². The topological polar surface area (TPSA) is 52.3 Å². The molecular weight excluding hydrogens is 210 g/mol. The van der Waals surface area contributed by atoms with Crippen LogP contribution in [0.1, 0.15) is 29.1 Å². The molecule has 0 bridgehead atoms. The average molecular weight is 227 g/mol. The van der Waals surface area contributed by atoms with Gasteiger partial charge in [0.2, 0.25) is 0 Å². The highest BCUT2D eigenvalue weighted by molar-refractivity contribution is 7.10. The van der Waals surface area contributed by atoms with E-state index in [0.717, 1.165) is 6.42 Å². The predicted molar refractivity (Wildman–Crippen MR) is 62.2 cm³/mol. The summed E-state index contributed by atoms with van der Waals surface area (Å²) in [6.45, 7) is 4.87. The van der Waals surface area contributed by atoms with E-state index in [1.165, 1.54) is 12.0 Å². The van der Waals surface area contributed by atoms with Crippen LogP contribution in [-0.4, -0.2) is 19.6 Å². The van der Waals surface area contributed by atoms with Gasteiger partial charge in [-0.25, -0.2) is 4.79 Å². The van der Waals surface area contributed by atoms with Crippen molar-refractivity contribution < 1.29 is 9.53 Å². The van der Waals surface area contributed by atoms with Crippen molar-refractivity contribution in [2.45, 2.75) is 20.3 Å². The van der Waals surface area contributed by atoms with E-state index in [1.807, 2.05) is 11.4 Å². The van der Waals surface area contributed by atoms with Gasteiger partial charge < -0.3 is 10.5 Å². The van der Waals surface area contributed by atoms with E-state index in [9.17, 15) is 4.79 Å². The molecule has 0 aliphatic carbocycles. The molecule has 1 aromatic rings. The van der Waals surface area contributed by atoms with Crippen molar-refractivity contribution in [1.82, 2.24) is 0 Å². The van der Waals surface area contributed by atoms with Crippen molar-refractivity contribution in [3.63, 3.8) is 0 Å². The molecule has 0 aliphatic rings. The highest BCUT2D eigenvalue weighted by atomic mass is 32.1. The van der Waals surface area contributed by atoms with Crippen molar-refractivity contribution in [1.29, 1.82) is 0 Å². The van der Waals surface area contributed by atoms with Crippen LogP contribution in [0.3, 0.4) is 0 Å². The minimum Gasteiger partial charge on any atom is -0.465 e. The summed E-state index contributed by atoms with van der Waals surface area (Å²) in [5, 5.41) is 1.83. The van der Waals surface area contributed by atoms with E-state index in [0.29, 0.717) is 12.1 Å². The molecule has 0 spiro atoms. The molecular formula is C11H17NO2S. The third-order valence-corrected chi connectivity index (χ3v) is 3.22. The van der Waals surface area contributed by atoms with Crippen LogP contribution in [0.15, 0.2) is 11.4 Å². The van der Waals surface area contributed by atoms with Gasteiger partial charge in [0, 0.05) is 10.3 Å². The number of carbonyl (C=O) groups excluding carboxylic acids is 1. The molecule has 15 heavy (non-hydrogen) atoms. The van der Waals surface area contributed by atoms with E-state index < -0.39 is 0 Å². The molecule has 0 amide bonds. The molecule has 3 nitrogen and oxygen atoms in total. The summed E-state index contributed by atoms with van der Waals surface area (Å²) < 4.78 is 4.65. The van der Waals surface area contributed by atoms with E-state index in [-0.39, 0.29) is 11.4 Å². The molecule has 4 heteroatoms. The molecule has 0 aliphatic heterocycles. The molecule has 84 valence electrons. The zero-order chi connectivity index (χ0) is 11.5. The Bertz CT molecular complexity index is 344. The molecule has 0 atom stereocenters. The molecule has 0 radical (unpaired) electrons. The van der Waals surface area contributed by atoms with Crippen LogP contribution in [0.25, 0.3) is 0 Å². The van der Waals surface area contributed by atoms with Gasteiger partial charge in [-0.1, -0.05) is 13.8 Å². The summed E-state index contributed by atoms with van der Waals surface area (Å²) in [5.41, 5.74) is 6.37. The van der Waals surface area contributed by atoms with E-state index in [4.69, 9.17) is 5.73 Å². The summed E-state index contributed by atoms with van der Waals surface area (Å²) in [5.74, 6) is -0.275. The minimum absolute atomic E-state index is 0.0816. The summed E-state index contributed by atoms with van der Waals surface area (Å²) >= 11 is 1.58. The highest BCUT2D eigenvalue weighted by Crippen LogP contribution is 2.25. The summed E-state index contributed by atoms with van der Waals surface area (Å²) in [4.78, 5) is 12.4. The lowest BCUT2D eigenvalue weighted by molar-refractivity contribution is 0.0601. The number of hydrogen-bond donors (Lipinski definition) is 1. The molecule has 2 N–H and O–H groups in total. The van der Waals surface area contributed by atoms with Gasteiger partial charge in [0.15, 0.2) is 0 Å². The zero-order valence-corrected chi connectivity index (χ0v) is 10.2. The number of carbonyl (C=O) groups is 1. The zero-order valence-electron chi connectivity index (χ0n) is 9.37. The standard InChI is InChI=1S/C11H17NO2S/c1-11(2,7-12)5-9-4-8(6-15-9)10(13)14-3/h4,6H,5,7,12H2,1-3H3. The number of ether oxygens (including phenoxy) is 1. The number of hydrogen-bond acceptors (Lipinski definition) is 4. The number of thiophene rings is 1. The van der Waals surface area contributed by atoms with Crippen molar-refractivity contribution in [3.8, 4) is 0 Å². The summed E-state index contributed by atoms with van der Waals surface area (Å²) in [7, 11) is 1.39. The summed E-state index contributed by atoms with van der Waals surface area (Å²) in [6, 6.07) is 1.88. The predicted octanol–water partition coefficient (Wildman–Crippen LogP) is 2.06. The molecule has 0 aromatic carbocycles. The van der Waals surface area contributed by atoms with Gasteiger partial charge in [0.25, 0.3) is 0 Å². The van der Waals surface area contributed by atoms with E-state index in [2.05, 4.69) is 18.6 Å². The second-order valence-electron chi connectivity index (χ2n) is 4.34. The first-order chi connectivity index (χ1) is 6.98. The molecule has 1 rings (SSSR count). The van der Waals surface area contributed by atoms with Crippen LogP contribution < -0.4 is 5.73 Å². The van der Waals surface area contributed by atoms with Crippen molar-refractivity contribution >= 4 is 17.3 Å². The van der Waals surface area contributed by atoms with Gasteiger partial charge in [-0.15, -0.1) is 11.3 Å². The molecule has 0 saturated carbocycles. The van der Waals surface area contributed by atoms with Gasteiger partial charge in [-0.2, -0.15) is 0 Å². The van der Waals surface area contributed by atoms with Gasteiger partial charge >= 0.3 is 5.97 Å². The summed E-state index contributed by atoms with van der Waals surface area (Å²) in [6.07, 6.45) is 0.894. The van der Waals surface area contributed by atoms with Crippen LogP contribution in [-0.2, 0) is 11.2 Å². The Kier molecular flexibility index (Phi) is 3.88. The highest BCUT2D eigenvalue weighted by Gasteiger charge is 2.18. The normalized spacial score (nSPS) is 11.5. The largest absolute Gasteiger partial charge is 0.465 e. The first-order valence-electron chi connectivity index (χ1n) is 4.84. The van der Waals surface area contributed by atoms with Gasteiger partial charge in [0.1, 0.15) is 0 Å². The molecule has 0 unspecified atom stereocenters. The van der Waals surface area contributed by atoms with Gasteiger partial charge in [-0.05, 0) is 24.4 Å². The fourth-order valence-corrected chi connectivity index (χ4v) is 2.35. The Morgan fingerprint density at radius 1 is 1.60 bits per heavy atom. The number of nitrogens with two attached hydrogens (primary N) is 1.